The third kappa shape index (κ3) is 3.39. The van der Waals surface area contributed by atoms with E-state index < -0.39 is 0 Å². The Morgan fingerprint density at radius 3 is 2.53 bits per heavy atom. The second-order valence-corrected chi connectivity index (χ2v) is 8.16. The molecule has 8 heteroatoms. The standard InChI is InChI=1S/C22H21N5O2S/c1-25-10-9-23-22(25)27-13-11-26(12-14-27)21(28)19-18(16-6-3-2-4-7-16)24-20(30-19)17-8-5-15-29-17/h2-10,15H,11-14H2,1H3. The molecular formula is C22H21N5O2S. The van der Waals surface area contributed by atoms with E-state index in [1.807, 2.05) is 65.2 Å². The predicted octanol–water partition coefficient (Wildman–Crippen LogP) is 3.77. The van der Waals surface area contributed by atoms with Crippen LogP contribution in [-0.4, -0.2) is 51.5 Å². The van der Waals surface area contributed by atoms with E-state index in [1.165, 1.54) is 11.3 Å². The fraction of sp³-hybridized carbons (Fsp3) is 0.227. The van der Waals surface area contributed by atoms with E-state index in [1.54, 1.807) is 12.5 Å². The smallest absolute Gasteiger partial charge is 0.266 e. The Labute approximate surface area is 178 Å². The van der Waals surface area contributed by atoms with Gasteiger partial charge in [-0.1, -0.05) is 30.3 Å². The highest BCUT2D eigenvalue weighted by atomic mass is 32.1. The highest BCUT2D eigenvalue weighted by Crippen LogP contribution is 2.35. The molecule has 0 bridgehead atoms. The van der Waals surface area contributed by atoms with Crippen molar-refractivity contribution in [2.75, 3.05) is 31.1 Å². The van der Waals surface area contributed by atoms with Gasteiger partial charge in [0, 0.05) is 51.2 Å². The van der Waals surface area contributed by atoms with Crippen molar-refractivity contribution in [2.24, 2.45) is 7.05 Å². The molecule has 1 amide bonds. The van der Waals surface area contributed by atoms with Crippen LogP contribution in [0.2, 0.25) is 0 Å². The van der Waals surface area contributed by atoms with Crippen LogP contribution in [0.5, 0.6) is 0 Å². The fourth-order valence-corrected chi connectivity index (χ4v) is 4.70. The molecule has 1 fully saturated rings. The maximum absolute atomic E-state index is 13.5. The van der Waals surface area contributed by atoms with Crippen molar-refractivity contribution in [1.29, 1.82) is 0 Å². The van der Waals surface area contributed by atoms with Crippen molar-refractivity contribution in [3.63, 3.8) is 0 Å². The summed E-state index contributed by atoms with van der Waals surface area (Å²) in [6.45, 7) is 2.80. The first-order valence-corrected chi connectivity index (χ1v) is 10.6. The lowest BCUT2D eigenvalue weighted by Gasteiger charge is -2.35. The molecular weight excluding hydrogens is 398 g/mol. The lowest BCUT2D eigenvalue weighted by atomic mass is 10.1. The van der Waals surface area contributed by atoms with E-state index in [-0.39, 0.29) is 5.91 Å². The number of hydrogen-bond acceptors (Lipinski definition) is 6. The van der Waals surface area contributed by atoms with Gasteiger partial charge in [-0.15, -0.1) is 11.3 Å². The summed E-state index contributed by atoms with van der Waals surface area (Å²) in [4.78, 5) is 27.4. The Morgan fingerprint density at radius 1 is 1.07 bits per heavy atom. The summed E-state index contributed by atoms with van der Waals surface area (Å²) in [7, 11) is 1.99. The Morgan fingerprint density at radius 2 is 1.87 bits per heavy atom. The first-order chi connectivity index (χ1) is 14.7. The minimum absolute atomic E-state index is 0.0173. The average molecular weight is 420 g/mol. The van der Waals surface area contributed by atoms with Gasteiger partial charge in [-0.3, -0.25) is 4.79 Å². The van der Waals surface area contributed by atoms with Crippen LogP contribution in [0.4, 0.5) is 5.95 Å². The molecule has 0 unspecified atom stereocenters. The van der Waals surface area contributed by atoms with E-state index in [0.717, 1.165) is 24.6 Å². The number of rotatable bonds is 4. The Hall–Kier alpha value is -3.39. The lowest BCUT2D eigenvalue weighted by molar-refractivity contribution is 0.0751. The number of benzene rings is 1. The zero-order chi connectivity index (χ0) is 20.5. The molecule has 4 aromatic rings. The molecule has 3 aromatic heterocycles. The van der Waals surface area contributed by atoms with Crippen LogP contribution in [0, 0.1) is 0 Å². The van der Waals surface area contributed by atoms with Gasteiger partial charge < -0.3 is 18.8 Å². The van der Waals surface area contributed by atoms with Gasteiger partial charge in [0.25, 0.3) is 5.91 Å². The second kappa shape index (κ2) is 7.79. The van der Waals surface area contributed by atoms with Gasteiger partial charge >= 0.3 is 0 Å². The van der Waals surface area contributed by atoms with Crippen molar-refractivity contribution in [3.05, 3.63) is 66.0 Å². The van der Waals surface area contributed by atoms with Gasteiger partial charge in [-0.25, -0.2) is 9.97 Å². The quantitative estimate of drug-likeness (QED) is 0.504. The summed E-state index contributed by atoms with van der Waals surface area (Å²) in [5, 5.41) is 0.717. The summed E-state index contributed by atoms with van der Waals surface area (Å²) in [5.41, 5.74) is 1.64. The number of carbonyl (C=O) groups is 1. The molecule has 7 nitrogen and oxygen atoms in total. The minimum atomic E-state index is 0.0173. The Bertz CT molecular complexity index is 1140. The highest BCUT2D eigenvalue weighted by Gasteiger charge is 2.28. The number of aromatic nitrogens is 3. The molecule has 1 aromatic carbocycles. The van der Waals surface area contributed by atoms with Gasteiger partial charge in [0.2, 0.25) is 5.95 Å². The van der Waals surface area contributed by atoms with Crippen LogP contribution < -0.4 is 4.90 Å². The number of anilines is 1. The molecule has 0 N–H and O–H groups in total. The van der Waals surface area contributed by atoms with Crippen molar-refractivity contribution in [2.45, 2.75) is 0 Å². The molecule has 0 aliphatic carbocycles. The second-order valence-electron chi connectivity index (χ2n) is 7.16. The zero-order valence-corrected chi connectivity index (χ0v) is 17.4. The topological polar surface area (TPSA) is 67.4 Å². The first-order valence-electron chi connectivity index (χ1n) is 9.82. The van der Waals surface area contributed by atoms with Gasteiger partial charge in [0.05, 0.1) is 12.0 Å². The molecule has 152 valence electrons. The molecule has 4 heterocycles. The zero-order valence-electron chi connectivity index (χ0n) is 16.6. The van der Waals surface area contributed by atoms with Gasteiger partial charge in [0.1, 0.15) is 4.88 Å². The largest absolute Gasteiger partial charge is 0.462 e. The Kier molecular flexibility index (Phi) is 4.84. The van der Waals surface area contributed by atoms with Gasteiger partial charge in [-0.2, -0.15) is 0 Å². The van der Waals surface area contributed by atoms with Crippen LogP contribution >= 0.6 is 11.3 Å². The number of thiazole rings is 1. The van der Waals surface area contributed by atoms with E-state index in [9.17, 15) is 4.79 Å². The maximum Gasteiger partial charge on any atom is 0.266 e. The molecule has 0 radical (unpaired) electrons. The number of amides is 1. The molecule has 0 spiro atoms. The summed E-state index contributed by atoms with van der Waals surface area (Å²) in [5.74, 6) is 1.63. The first kappa shape index (κ1) is 18.6. The SMILES string of the molecule is Cn1ccnc1N1CCN(C(=O)c2sc(-c3ccco3)nc2-c2ccccc2)CC1. The normalized spacial score (nSPS) is 14.3. The molecule has 0 atom stereocenters. The summed E-state index contributed by atoms with van der Waals surface area (Å²) >= 11 is 1.39. The molecule has 1 aliphatic heterocycles. The van der Waals surface area contributed by atoms with Crippen LogP contribution in [0.1, 0.15) is 9.67 Å². The van der Waals surface area contributed by atoms with E-state index in [4.69, 9.17) is 9.40 Å². The van der Waals surface area contributed by atoms with E-state index >= 15 is 0 Å². The number of furan rings is 1. The van der Waals surface area contributed by atoms with Crippen molar-refractivity contribution in [3.8, 4) is 22.0 Å². The maximum atomic E-state index is 13.5. The number of aryl methyl sites for hydroxylation is 1. The van der Waals surface area contributed by atoms with Crippen LogP contribution in [0.3, 0.4) is 0 Å². The molecule has 1 saturated heterocycles. The van der Waals surface area contributed by atoms with Gasteiger partial charge in [0.15, 0.2) is 10.8 Å². The molecule has 0 saturated carbocycles. The highest BCUT2D eigenvalue weighted by molar-refractivity contribution is 7.17. The number of carbonyl (C=O) groups excluding carboxylic acids is 1. The number of hydrogen-bond donors (Lipinski definition) is 0. The minimum Gasteiger partial charge on any atom is -0.462 e. The summed E-state index contributed by atoms with van der Waals surface area (Å²) in [6.07, 6.45) is 5.36. The van der Waals surface area contributed by atoms with E-state index in [2.05, 4.69) is 9.88 Å². The molecule has 5 rings (SSSR count). The van der Waals surface area contributed by atoms with Gasteiger partial charge in [-0.05, 0) is 12.1 Å². The fourth-order valence-electron chi connectivity index (χ4n) is 3.68. The summed E-state index contributed by atoms with van der Waals surface area (Å²) < 4.78 is 7.53. The number of nitrogens with zero attached hydrogens (tertiary/aromatic N) is 5. The van der Waals surface area contributed by atoms with Crippen molar-refractivity contribution >= 4 is 23.2 Å². The van der Waals surface area contributed by atoms with Crippen LogP contribution in [0.25, 0.3) is 22.0 Å². The van der Waals surface area contributed by atoms with Crippen molar-refractivity contribution in [1.82, 2.24) is 19.4 Å². The van der Waals surface area contributed by atoms with Crippen LogP contribution in [-0.2, 0) is 7.05 Å². The monoisotopic (exact) mass is 419 g/mol. The number of piperazine rings is 1. The average Bonchev–Trinajstić information content (AvgIpc) is 3.54. The molecule has 1 aliphatic rings. The van der Waals surface area contributed by atoms with Crippen LogP contribution in [0.15, 0.2) is 65.5 Å². The third-order valence-corrected chi connectivity index (χ3v) is 6.30. The number of imidazole rings is 1. The Balaban J connectivity index is 1.42. The van der Waals surface area contributed by atoms with E-state index in [0.29, 0.717) is 34.4 Å². The van der Waals surface area contributed by atoms with Crippen molar-refractivity contribution < 1.29 is 9.21 Å². The predicted molar refractivity (Wildman–Crippen MR) is 117 cm³/mol. The molecule has 30 heavy (non-hydrogen) atoms. The summed E-state index contributed by atoms with van der Waals surface area (Å²) in [6, 6.07) is 13.5. The third-order valence-electron chi connectivity index (χ3n) is 5.25. The lowest BCUT2D eigenvalue weighted by Crippen LogP contribution is -2.49.